The van der Waals surface area contributed by atoms with Gasteiger partial charge < -0.3 is 5.48 Å². The van der Waals surface area contributed by atoms with Gasteiger partial charge in [0.2, 0.25) is 0 Å². The van der Waals surface area contributed by atoms with E-state index in [9.17, 15) is 10.4 Å². The molecule has 0 saturated heterocycles. The van der Waals surface area contributed by atoms with E-state index < -0.39 is 4.81 Å². The molecule has 0 spiro atoms. The van der Waals surface area contributed by atoms with Gasteiger partial charge in [-0.1, -0.05) is 89.0 Å². The van der Waals surface area contributed by atoms with Crippen molar-refractivity contribution in [1.82, 2.24) is 0 Å². The van der Waals surface area contributed by atoms with E-state index in [1.165, 1.54) is 69.8 Å². The Kier molecular flexibility index (Phi) is 13.7. The maximum absolute atomic E-state index is 9.84. The minimum Gasteiger partial charge on any atom is -0.870 e. The van der Waals surface area contributed by atoms with E-state index in [1.54, 1.807) is 6.92 Å². The highest BCUT2D eigenvalue weighted by Crippen LogP contribution is 2.18. The molecule has 0 atom stereocenters. The van der Waals surface area contributed by atoms with Crippen LogP contribution in [-0.2, 0) is 13.0 Å². The van der Waals surface area contributed by atoms with E-state index >= 15 is 0 Å². The molecule has 4 heteroatoms. The normalized spacial score (nSPS) is 11.4. The van der Waals surface area contributed by atoms with Crippen molar-refractivity contribution in [2.75, 3.05) is 6.54 Å². The maximum Gasteiger partial charge on any atom is 0.167 e. The summed E-state index contributed by atoms with van der Waals surface area (Å²) in [6.07, 6.45) is 14.5. The third kappa shape index (κ3) is 11.3. The Hall–Kier alpha value is -0.940. The van der Waals surface area contributed by atoms with Crippen molar-refractivity contribution in [3.63, 3.8) is 0 Å². The lowest BCUT2D eigenvalue weighted by Gasteiger charge is -2.21. The van der Waals surface area contributed by atoms with Gasteiger partial charge in [0.05, 0.1) is 0 Å². The zero-order chi connectivity index (χ0) is 17.7. The van der Waals surface area contributed by atoms with Crippen molar-refractivity contribution in [3.05, 3.63) is 35.4 Å². The third-order valence-electron chi connectivity index (χ3n) is 4.85. The number of aryl methyl sites for hydroxylation is 1. The van der Waals surface area contributed by atoms with Gasteiger partial charge in [0, 0.05) is 5.56 Å². The Labute approximate surface area is 154 Å². The number of quaternary nitrogens is 1. The molecule has 4 nitrogen and oxygen atoms in total. The molecule has 25 heavy (non-hydrogen) atoms. The number of hydroxylamine groups is 4. The first-order valence-corrected chi connectivity index (χ1v) is 9.98. The minimum absolute atomic E-state index is 0. The van der Waals surface area contributed by atoms with Crippen LogP contribution in [0.5, 0.6) is 0 Å². The van der Waals surface area contributed by atoms with Gasteiger partial charge in [0.25, 0.3) is 0 Å². The topological polar surface area (TPSA) is 70.5 Å². The van der Waals surface area contributed by atoms with Crippen LogP contribution in [0.3, 0.4) is 0 Å². The van der Waals surface area contributed by atoms with E-state index in [0.717, 1.165) is 12.0 Å². The quantitative estimate of drug-likeness (QED) is 0.241. The Morgan fingerprint density at radius 1 is 0.720 bits per heavy atom. The minimum atomic E-state index is -0.922. The van der Waals surface area contributed by atoms with Crippen LogP contribution in [0, 0.1) is 0 Å². The molecule has 0 aliphatic heterocycles. The molecule has 0 aliphatic rings. The third-order valence-corrected chi connectivity index (χ3v) is 4.85. The SMILES string of the molecule is CCCCCCCCCCCCc1ccccc1C[N+](O)(O)CC.[OH-]. The Bertz CT molecular complexity index is 435. The molecule has 0 aromatic heterocycles. The zero-order valence-electron chi connectivity index (χ0n) is 16.3. The predicted octanol–water partition coefficient (Wildman–Crippen LogP) is 6.09. The zero-order valence-corrected chi connectivity index (χ0v) is 16.3. The lowest BCUT2D eigenvalue weighted by molar-refractivity contribution is -1.25. The Morgan fingerprint density at radius 3 is 1.72 bits per heavy atom. The second-order valence-electron chi connectivity index (χ2n) is 7.05. The number of unbranched alkanes of at least 4 members (excludes halogenated alkanes) is 9. The molecule has 0 radical (unpaired) electrons. The number of nitrogens with zero attached hydrogens (tertiary/aromatic N) is 1. The average Bonchev–Trinajstić information content (AvgIpc) is 2.57. The van der Waals surface area contributed by atoms with Gasteiger partial charge in [0.15, 0.2) is 6.54 Å². The van der Waals surface area contributed by atoms with Crippen molar-refractivity contribution in [1.29, 1.82) is 0 Å². The molecule has 0 amide bonds. The highest BCUT2D eigenvalue weighted by molar-refractivity contribution is 5.26. The van der Waals surface area contributed by atoms with Gasteiger partial charge in [-0.3, -0.25) is 0 Å². The monoisotopic (exact) mass is 353 g/mol. The fourth-order valence-corrected chi connectivity index (χ4v) is 3.14. The molecule has 0 bridgehead atoms. The molecule has 146 valence electrons. The average molecular weight is 354 g/mol. The summed E-state index contributed by atoms with van der Waals surface area (Å²) >= 11 is 0. The Balaban J connectivity index is 0.00000576. The van der Waals surface area contributed by atoms with Gasteiger partial charge in [-0.15, -0.1) is 0 Å². The summed E-state index contributed by atoms with van der Waals surface area (Å²) in [6.45, 7) is 4.61. The second kappa shape index (κ2) is 14.3. The van der Waals surface area contributed by atoms with Crippen molar-refractivity contribution in [2.24, 2.45) is 0 Å². The second-order valence-corrected chi connectivity index (χ2v) is 7.05. The van der Waals surface area contributed by atoms with Crippen molar-refractivity contribution < 1.29 is 20.7 Å². The molecule has 1 aromatic rings. The van der Waals surface area contributed by atoms with Crippen LogP contribution in [0.25, 0.3) is 0 Å². The van der Waals surface area contributed by atoms with Crippen molar-refractivity contribution in [2.45, 2.75) is 91.0 Å². The van der Waals surface area contributed by atoms with Gasteiger partial charge in [-0.05, 0) is 30.1 Å². The smallest absolute Gasteiger partial charge is 0.167 e. The summed E-state index contributed by atoms with van der Waals surface area (Å²) in [7, 11) is 0. The van der Waals surface area contributed by atoms with Gasteiger partial charge >= 0.3 is 0 Å². The van der Waals surface area contributed by atoms with E-state index in [2.05, 4.69) is 13.0 Å². The summed E-state index contributed by atoms with van der Waals surface area (Å²) in [5.41, 5.74) is 2.32. The van der Waals surface area contributed by atoms with Crippen LogP contribution in [0.15, 0.2) is 24.3 Å². The molecule has 0 heterocycles. The number of hydrogen-bond acceptors (Lipinski definition) is 3. The number of hydrogen-bond donors (Lipinski definition) is 2. The lowest BCUT2D eigenvalue weighted by atomic mass is 10.00. The van der Waals surface area contributed by atoms with Crippen LogP contribution in [-0.4, -0.2) is 27.2 Å². The number of rotatable bonds is 14. The van der Waals surface area contributed by atoms with Gasteiger partial charge in [0.1, 0.15) is 6.54 Å². The summed E-state index contributed by atoms with van der Waals surface area (Å²) in [5, 5.41) is 19.7. The van der Waals surface area contributed by atoms with E-state index in [-0.39, 0.29) is 12.0 Å². The van der Waals surface area contributed by atoms with E-state index in [0.29, 0.717) is 6.54 Å². The fourth-order valence-electron chi connectivity index (χ4n) is 3.14. The van der Waals surface area contributed by atoms with Crippen LogP contribution in [0.4, 0.5) is 0 Å². The van der Waals surface area contributed by atoms with Crippen LogP contribution >= 0.6 is 0 Å². The molecule has 0 saturated carbocycles. The molecule has 1 aromatic carbocycles. The highest BCUT2D eigenvalue weighted by atomic mass is 16.8. The summed E-state index contributed by atoms with van der Waals surface area (Å²) in [6, 6.07) is 8.16. The van der Waals surface area contributed by atoms with Crippen LogP contribution in [0.1, 0.15) is 89.2 Å². The van der Waals surface area contributed by atoms with E-state index in [4.69, 9.17) is 0 Å². The highest BCUT2D eigenvalue weighted by Gasteiger charge is 2.21. The van der Waals surface area contributed by atoms with Gasteiger partial charge in [-0.25, -0.2) is 0 Å². The largest absolute Gasteiger partial charge is 0.870 e. The van der Waals surface area contributed by atoms with Crippen LogP contribution < -0.4 is 0 Å². The fraction of sp³-hybridized carbons (Fsp3) is 0.714. The summed E-state index contributed by atoms with van der Waals surface area (Å²) in [5.74, 6) is 0. The first-order valence-electron chi connectivity index (χ1n) is 9.98. The molecule has 0 fully saturated rings. The molecule has 3 N–H and O–H groups in total. The summed E-state index contributed by atoms with van der Waals surface area (Å²) in [4.78, 5) is -0.922. The molecular weight excluding hydrogens is 314 g/mol. The predicted molar refractivity (Wildman–Crippen MR) is 102 cm³/mol. The lowest BCUT2D eigenvalue weighted by Crippen LogP contribution is -2.40. The van der Waals surface area contributed by atoms with Crippen molar-refractivity contribution >= 4 is 0 Å². The first kappa shape index (κ1) is 24.1. The van der Waals surface area contributed by atoms with Crippen molar-refractivity contribution in [3.8, 4) is 0 Å². The van der Waals surface area contributed by atoms with Crippen LogP contribution in [0.2, 0.25) is 0 Å². The molecule has 0 aliphatic carbocycles. The Morgan fingerprint density at radius 2 is 1.20 bits per heavy atom. The summed E-state index contributed by atoms with van der Waals surface area (Å²) < 4.78 is 0. The molecule has 1 rings (SSSR count). The number of benzene rings is 1. The van der Waals surface area contributed by atoms with Gasteiger partial charge in [-0.2, -0.15) is 10.4 Å². The maximum atomic E-state index is 9.84. The standard InChI is InChI=1S/C21H38NO2.H2O/c1-3-5-6-7-8-9-10-11-12-13-16-20-17-14-15-18-21(20)19-22(23,24)4-2;/h14-15,17-18,23-24H,3-13,16,19H2,1-2H3;1H2/q+1;/p-1. The first-order chi connectivity index (χ1) is 11.6. The van der Waals surface area contributed by atoms with E-state index in [1.807, 2.05) is 18.2 Å². The molecular formula is C21H39NO3. The molecule has 0 unspecified atom stereocenters.